The van der Waals surface area contributed by atoms with Crippen LogP contribution in [0.25, 0.3) is 6.08 Å². The maximum absolute atomic E-state index is 12.7. The third kappa shape index (κ3) is 5.37. The van der Waals surface area contributed by atoms with Gasteiger partial charge in [0.05, 0.1) is 11.4 Å². The molecule has 3 aromatic carbocycles. The summed E-state index contributed by atoms with van der Waals surface area (Å²) >= 11 is 6.86. The Morgan fingerprint density at radius 2 is 1.71 bits per heavy atom. The normalized spacial score (nSPS) is 15.0. The first kappa shape index (κ1) is 21.2. The molecule has 4 rings (SSSR count). The number of amides is 2. The Morgan fingerprint density at radius 3 is 2.42 bits per heavy atom. The molecule has 0 saturated carbocycles. The Kier molecular flexibility index (Phi) is 6.44. The molecule has 1 fully saturated rings. The summed E-state index contributed by atoms with van der Waals surface area (Å²) in [5.74, 6) is 0.458. The van der Waals surface area contributed by atoms with Crippen LogP contribution in [-0.2, 0) is 17.9 Å². The van der Waals surface area contributed by atoms with Crippen molar-refractivity contribution in [2.45, 2.75) is 20.1 Å². The minimum atomic E-state index is -0.264. The average molecular weight is 450 g/mol. The van der Waals surface area contributed by atoms with E-state index in [2.05, 4.69) is 0 Å². The number of carbonyl (C=O) groups is 2. The molecule has 1 heterocycles. The SMILES string of the molecule is Cc1cccc(CN2C(=O)S/C(=C/c3ccc(OCc4ccc(Cl)cc4)cc3)C2=O)c1. The van der Waals surface area contributed by atoms with Gasteiger partial charge in [0.15, 0.2) is 0 Å². The lowest BCUT2D eigenvalue weighted by Gasteiger charge is -2.12. The summed E-state index contributed by atoms with van der Waals surface area (Å²) in [5, 5.41) is 0.442. The van der Waals surface area contributed by atoms with E-state index in [-0.39, 0.29) is 17.7 Å². The zero-order chi connectivity index (χ0) is 21.8. The first-order chi connectivity index (χ1) is 15.0. The van der Waals surface area contributed by atoms with Gasteiger partial charge in [0.2, 0.25) is 0 Å². The van der Waals surface area contributed by atoms with Crippen LogP contribution >= 0.6 is 23.4 Å². The topological polar surface area (TPSA) is 46.6 Å². The zero-order valence-electron chi connectivity index (χ0n) is 16.9. The van der Waals surface area contributed by atoms with Gasteiger partial charge in [-0.15, -0.1) is 0 Å². The van der Waals surface area contributed by atoms with E-state index in [0.29, 0.717) is 16.5 Å². The molecule has 1 aliphatic heterocycles. The second-order valence-corrected chi connectivity index (χ2v) is 8.67. The van der Waals surface area contributed by atoms with Gasteiger partial charge in [-0.1, -0.05) is 65.7 Å². The number of ether oxygens (including phenoxy) is 1. The lowest BCUT2D eigenvalue weighted by atomic mass is 10.1. The summed E-state index contributed by atoms with van der Waals surface area (Å²) in [7, 11) is 0. The van der Waals surface area contributed by atoms with Crippen LogP contribution in [-0.4, -0.2) is 16.0 Å². The van der Waals surface area contributed by atoms with Gasteiger partial charge in [0.25, 0.3) is 11.1 Å². The predicted molar refractivity (Wildman–Crippen MR) is 125 cm³/mol. The first-order valence-corrected chi connectivity index (χ1v) is 11.0. The van der Waals surface area contributed by atoms with E-state index in [9.17, 15) is 9.59 Å². The van der Waals surface area contributed by atoms with Crippen molar-refractivity contribution < 1.29 is 14.3 Å². The van der Waals surface area contributed by atoms with E-state index in [0.717, 1.165) is 39.8 Å². The molecular weight excluding hydrogens is 430 g/mol. The van der Waals surface area contributed by atoms with Crippen LogP contribution in [0.5, 0.6) is 5.75 Å². The van der Waals surface area contributed by atoms with Gasteiger partial charge in [-0.2, -0.15) is 0 Å². The molecule has 0 bridgehead atoms. The van der Waals surface area contributed by atoms with Gasteiger partial charge in [-0.3, -0.25) is 14.5 Å². The van der Waals surface area contributed by atoms with E-state index in [4.69, 9.17) is 16.3 Å². The lowest BCUT2D eigenvalue weighted by molar-refractivity contribution is -0.123. The minimum absolute atomic E-state index is 0.249. The number of imide groups is 1. The number of rotatable bonds is 6. The van der Waals surface area contributed by atoms with Gasteiger partial charge < -0.3 is 4.74 Å². The lowest BCUT2D eigenvalue weighted by Crippen LogP contribution is -2.27. The maximum atomic E-state index is 12.7. The fraction of sp³-hybridized carbons (Fsp3) is 0.120. The first-order valence-electron chi connectivity index (χ1n) is 9.76. The quantitative estimate of drug-likeness (QED) is 0.405. The molecule has 0 unspecified atom stereocenters. The molecule has 0 spiro atoms. The number of thioether (sulfide) groups is 1. The van der Waals surface area contributed by atoms with Crippen LogP contribution in [0.2, 0.25) is 5.02 Å². The number of nitrogens with zero attached hydrogens (tertiary/aromatic N) is 1. The highest BCUT2D eigenvalue weighted by Gasteiger charge is 2.34. The van der Waals surface area contributed by atoms with Gasteiger partial charge in [0.1, 0.15) is 12.4 Å². The number of carbonyl (C=O) groups excluding carboxylic acids is 2. The van der Waals surface area contributed by atoms with E-state index in [1.54, 1.807) is 6.08 Å². The van der Waals surface area contributed by atoms with Crippen molar-refractivity contribution >= 4 is 40.6 Å². The van der Waals surface area contributed by atoms with Gasteiger partial charge in [-0.05, 0) is 65.7 Å². The van der Waals surface area contributed by atoms with E-state index >= 15 is 0 Å². The Balaban J connectivity index is 1.40. The smallest absolute Gasteiger partial charge is 0.293 e. The Labute approximate surface area is 190 Å². The highest BCUT2D eigenvalue weighted by Crippen LogP contribution is 2.33. The molecule has 1 saturated heterocycles. The summed E-state index contributed by atoms with van der Waals surface area (Å²) in [5.41, 5.74) is 3.89. The van der Waals surface area contributed by atoms with Crippen molar-refractivity contribution in [3.8, 4) is 5.75 Å². The highest BCUT2D eigenvalue weighted by molar-refractivity contribution is 8.18. The maximum Gasteiger partial charge on any atom is 0.293 e. The number of hydrogen-bond donors (Lipinski definition) is 0. The van der Waals surface area contributed by atoms with Crippen molar-refractivity contribution in [2.24, 2.45) is 0 Å². The standard InChI is InChI=1S/C25H20ClNO3S/c1-17-3-2-4-20(13-17)15-27-24(28)23(31-25(27)29)14-18-7-11-22(12-8-18)30-16-19-5-9-21(26)10-6-19/h2-14H,15-16H2,1H3/b23-14+. The largest absolute Gasteiger partial charge is 0.489 e. The molecule has 156 valence electrons. The molecular formula is C25H20ClNO3S. The van der Waals surface area contributed by atoms with E-state index in [1.807, 2.05) is 79.7 Å². The predicted octanol–water partition coefficient (Wildman–Crippen LogP) is 6.46. The molecule has 1 aliphatic rings. The second-order valence-electron chi connectivity index (χ2n) is 7.24. The molecule has 3 aromatic rings. The van der Waals surface area contributed by atoms with Crippen LogP contribution in [0.3, 0.4) is 0 Å². The van der Waals surface area contributed by atoms with E-state index in [1.165, 1.54) is 4.90 Å². The highest BCUT2D eigenvalue weighted by atomic mass is 35.5. The molecule has 0 N–H and O–H groups in total. The molecule has 0 aliphatic carbocycles. The fourth-order valence-corrected chi connectivity index (χ4v) is 4.15. The monoisotopic (exact) mass is 449 g/mol. The van der Waals surface area contributed by atoms with Crippen molar-refractivity contribution in [2.75, 3.05) is 0 Å². The number of aryl methyl sites for hydroxylation is 1. The van der Waals surface area contributed by atoms with Gasteiger partial charge in [-0.25, -0.2) is 0 Å². The van der Waals surface area contributed by atoms with Crippen LogP contribution in [0.1, 0.15) is 22.3 Å². The molecule has 0 aromatic heterocycles. The molecule has 4 nitrogen and oxygen atoms in total. The number of benzene rings is 3. The molecule has 2 amide bonds. The summed E-state index contributed by atoms with van der Waals surface area (Å²) in [6, 6.07) is 22.7. The Bertz CT molecular complexity index is 1140. The average Bonchev–Trinajstić information content (AvgIpc) is 3.02. The number of halogens is 1. The summed E-state index contributed by atoms with van der Waals surface area (Å²) in [4.78, 5) is 26.8. The van der Waals surface area contributed by atoms with Crippen molar-refractivity contribution in [3.63, 3.8) is 0 Å². The van der Waals surface area contributed by atoms with Crippen molar-refractivity contribution in [1.29, 1.82) is 0 Å². The minimum Gasteiger partial charge on any atom is -0.489 e. The van der Waals surface area contributed by atoms with Gasteiger partial charge >= 0.3 is 0 Å². The van der Waals surface area contributed by atoms with Crippen LogP contribution in [0, 0.1) is 6.92 Å². The third-order valence-corrected chi connectivity index (χ3v) is 5.95. The van der Waals surface area contributed by atoms with Crippen molar-refractivity contribution in [3.05, 3.63) is 105 Å². The van der Waals surface area contributed by atoms with Crippen LogP contribution < -0.4 is 4.74 Å². The molecule has 0 radical (unpaired) electrons. The Morgan fingerprint density at radius 1 is 0.968 bits per heavy atom. The molecule has 31 heavy (non-hydrogen) atoms. The van der Waals surface area contributed by atoms with Crippen LogP contribution in [0.15, 0.2) is 77.7 Å². The summed E-state index contributed by atoms with van der Waals surface area (Å²) in [6.45, 7) is 2.70. The second kappa shape index (κ2) is 9.41. The summed E-state index contributed by atoms with van der Waals surface area (Å²) in [6.07, 6.45) is 1.74. The zero-order valence-corrected chi connectivity index (χ0v) is 18.5. The number of hydrogen-bond acceptors (Lipinski definition) is 4. The van der Waals surface area contributed by atoms with E-state index < -0.39 is 0 Å². The van der Waals surface area contributed by atoms with Crippen LogP contribution in [0.4, 0.5) is 4.79 Å². The molecule has 6 heteroatoms. The fourth-order valence-electron chi connectivity index (χ4n) is 3.19. The molecule has 0 atom stereocenters. The van der Waals surface area contributed by atoms with Crippen molar-refractivity contribution in [1.82, 2.24) is 4.90 Å². The van der Waals surface area contributed by atoms with Gasteiger partial charge in [0, 0.05) is 5.02 Å². The third-order valence-electron chi connectivity index (χ3n) is 4.79. The Hall–Kier alpha value is -3.02. The summed E-state index contributed by atoms with van der Waals surface area (Å²) < 4.78 is 5.79.